The molecule has 0 bridgehead atoms. The average molecular weight is 253 g/mol. The van der Waals surface area contributed by atoms with Crippen molar-refractivity contribution in [1.29, 1.82) is 0 Å². The summed E-state index contributed by atoms with van der Waals surface area (Å²) in [7, 11) is 0. The van der Waals surface area contributed by atoms with Crippen LogP contribution in [0.15, 0.2) is 30.9 Å². The highest BCUT2D eigenvalue weighted by Crippen LogP contribution is 2.14. The molecule has 1 nitrogen and oxygen atoms in total. The molecular weight excluding hydrogens is 232 g/mol. The van der Waals surface area contributed by atoms with E-state index in [1.54, 1.807) is 0 Å². The molecule has 3 heteroatoms. The molecule has 0 aliphatic heterocycles. The van der Waals surface area contributed by atoms with Crippen molar-refractivity contribution in [2.45, 2.75) is 45.2 Å². The molecule has 1 N–H and O–H groups in total. The zero-order valence-electron chi connectivity index (χ0n) is 11.0. The van der Waals surface area contributed by atoms with Gasteiger partial charge in [0, 0.05) is 17.6 Å². The normalized spacial score (nSPS) is 14.2. The molecule has 0 heterocycles. The molecule has 18 heavy (non-hydrogen) atoms. The van der Waals surface area contributed by atoms with E-state index in [2.05, 4.69) is 18.8 Å². The third-order valence-corrected chi connectivity index (χ3v) is 2.94. The first kappa shape index (κ1) is 14.8. The minimum absolute atomic E-state index is 0.0382. The lowest BCUT2D eigenvalue weighted by Crippen LogP contribution is -2.36. The van der Waals surface area contributed by atoms with Crippen LogP contribution in [0.4, 0.5) is 8.78 Å². The monoisotopic (exact) mass is 253 g/mol. The van der Waals surface area contributed by atoms with Crippen LogP contribution >= 0.6 is 0 Å². The van der Waals surface area contributed by atoms with Crippen LogP contribution in [0.25, 0.3) is 0 Å². The number of allylic oxidation sites excluding steroid dienone is 1. The van der Waals surface area contributed by atoms with Gasteiger partial charge in [-0.1, -0.05) is 12.1 Å². The maximum absolute atomic E-state index is 13.5. The van der Waals surface area contributed by atoms with Crippen molar-refractivity contribution in [3.05, 3.63) is 48.1 Å². The summed E-state index contributed by atoms with van der Waals surface area (Å²) in [4.78, 5) is 0. The second-order valence-electron chi connectivity index (χ2n) is 4.74. The molecule has 0 saturated heterocycles. The van der Waals surface area contributed by atoms with Gasteiger partial charge in [-0.15, -0.1) is 6.58 Å². The topological polar surface area (TPSA) is 12.0 Å². The lowest BCUT2D eigenvalue weighted by molar-refractivity contribution is 0.434. The molecule has 0 amide bonds. The quantitative estimate of drug-likeness (QED) is 0.728. The van der Waals surface area contributed by atoms with Crippen molar-refractivity contribution in [1.82, 2.24) is 5.32 Å². The van der Waals surface area contributed by atoms with E-state index in [4.69, 9.17) is 0 Å². The summed E-state index contributed by atoms with van der Waals surface area (Å²) in [5.41, 5.74) is 0.161. The highest BCUT2D eigenvalue weighted by molar-refractivity contribution is 5.20. The molecule has 0 spiro atoms. The van der Waals surface area contributed by atoms with Crippen LogP contribution in [-0.4, -0.2) is 12.1 Å². The van der Waals surface area contributed by atoms with Gasteiger partial charge in [-0.05, 0) is 45.2 Å². The van der Waals surface area contributed by atoms with Crippen LogP contribution < -0.4 is 5.32 Å². The van der Waals surface area contributed by atoms with E-state index in [0.29, 0.717) is 12.5 Å². The van der Waals surface area contributed by atoms with Crippen molar-refractivity contribution >= 4 is 0 Å². The number of hydrogen-bond acceptors (Lipinski definition) is 1. The van der Waals surface area contributed by atoms with E-state index in [9.17, 15) is 8.78 Å². The van der Waals surface area contributed by atoms with Crippen molar-refractivity contribution in [3.8, 4) is 0 Å². The first-order valence-corrected chi connectivity index (χ1v) is 6.34. The van der Waals surface area contributed by atoms with Crippen molar-refractivity contribution < 1.29 is 8.78 Å². The predicted octanol–water partition coefficient (Wildman–Crippen LogP) is 3.84. The molecule has 0 aliphatic carbocycles. The summed E-state index contributed by atoms with van der Waals surface area (Å²) in [5.74, 6) is -0.940. The maximum Gasteiger partial charge on any atom is 0.129 e. The number of nitrogens with one attached hydrogen (secondary N) is 1. The first-order valence-electron chi connectivity index (χ1n) is 6.34. The molecule has 0 radical (unpaired) electrons. The molecule has 1 aromatic rings. The lowest BCUT2D eigenvalue weighted by Gasteiger charge is -2.20. The fourth-order valence-corrected chi connectivity index (χ4v) is 2.03. The Morgan fingerprint density at radius 2 is 1.83 bits per heavy atom. The van der Waals surface area contributed by atoms with Gasteiger partial charge >= 0.3 is 0 Å². The van der Waals surface area contributed by atoms with Crippen LogP contribution in [0.3, 0.4) is 0 Å². The molecule has 0 saturated carbocycles. The van der Waals surface area contributed by atoms with Gasteiger partial charge in [0.25, 0.3) is 0 Å². The Hall–Kier alpha value is -1.22. The number of benzene rings is 1. The Bertz CT molecular complexity index is 370. The molecule has 0 aliphatic rings. The largest absolute Gasteiger partial charge is 0.311 e. The van der Waals surface area contributed by atoms with Gasteiger partial charge in [-0.3, -0.25) is 0 Å². The maximum atomic E-state index is 13.5. The van der Waals surface area contributed by atoms with Crippen LogP contribution in [0.1, 0.15) is 32.3 Å². The fourth-order valence-electron chi connectivity index (χ4n) is 2.03. The highest BCUT2D eigenvalue weighted by Gasteiger charge is 2.13. The van der Waals surface area contributed by atoms with E-state index in [1.807, 2.05) is 13.0 Å². The smallest absolute Gasteiger partial charge is 0.129 e. The summed E-state index contributed by atoms with van der Waals surface area (Å²) < 4.78 is 26.9. The van der Waals surface area contributed by atoms with Crippen LogP contribution in [0, 0.1) is 11.6 Å². The summed E-state index contributed by atoms with van der Waals surface area (Å²) in [6.07, 6.45) is 4.15. The fraction of sp³-hybridized carbons (Fsp3) is 0.467. The summed E-state index contributed by atoms with van der Waals surface area (Å²) in [5, 5.41) is 3.34. The molecule has 2 atom stereocenters. The van der Waals surface area contributed by atoms with Crippen LogP contribution in [0.5, 0.6) is 0 Å². The molecule has 1 rings (SSSR count). The predicted molar refractivity (Wildman–Crippen MR) is 71.6 cm³/mol. The van der Waals surface area contributed by atoms with E-state index >= 15 is 0 Å². The average Bonchev–Trinajstić information content (AvgIpc) is 2.31. The minimum atomic E-state index is -0.470. The van der Waals surface area contributed by atoms with Crippen LogP contribution in [-0.2, 0) is 6.42 Å². The standard InChI is InChI=1S/C15H21F2N/c1-4-5-7-11(2)18-12(3)10-13-14(16)8-6-9-15(13)17/h4,6,8-9,11-12,18H,1,5,7,10H2,2-3H3. The molecule has 0 aromatic heterocycles. The molecule has 100 valence electrons. The zero-order chi connectivity index (χ0) is 13.5. The van der Waals surface area contributed by atoms with Gasteiger partial charge in [0.1, 0.15) is 11.6 Å². The van der Waals surface area contributed by atoms with E-state index in [-0.39, 0.29) is 11.6 Å². The minimum Gasteiger partial charge on any atom is -0.311 e. The van der Waals surface area contributed by atoms with Crippen molar-refractivity contribution in [2.75, 3.05) is 0 Å². The third kappa shape index (κ3) is 4.57. The summed E-state index contributed by atoms with van der Waals surface area (Å²) in [6.45, 7) is 7.68. The lowest BCUT2D eigenvalue weighted by atomic mass is 10.0. The van der Waals surface area contributed by atoms with E-state index in [1.165, 1.54) is 18.2 Å². The molecule has 2 unspecified atom stereocenters. The van der Waals surface area contributed by atoms with Crippen LogP contribution in [0.2, 0.25) is 0 Å². The highest BCUT2D eigenvalue weighted by atomic mass is 19.1. The zero-order valence-corrected chi connectivity index (χ0v) is 11.0. The van der Waals surface area contributed by atoms with Gasteiger partial charge in [-0.25, -0.2) is 8.78 Å². The summed E-state index contributed by atoms with van der Waals surface area (Å²) in [6, 6.07) is 4.33. The second kappa shape index (κ2) is 7.27. The summed E-state index contributed by atoms with van der Waals surface area (Å²) >= 11 is 0. The Kier molecular flexibility index (Phi) is 5.99. The van der Waals surface area contributed by atoms with E-state index < -0.39 is 11.6 Å². The van der Waals surface area contributed by atoms with Gasteiger partial charge in [0.15, 0.2) is 0 Å². The van der Waals surface area contributed by atoms with Gasteiger partial charge < -0.3 is 5.32 Å². The van der Waals surface area contributed by atoms with Gasteiger partial charge in [0.05, 0.1) is 0 Å². The molecular formula is C15H21F2N. The Morgan fingerprint density at radius 1 is 1.22 bits per heavy atom. The van der Waals surface area contributed by atoms with Crippen molar-refractivity contribution in [3.63, 3.8) is 0 Å². The number of halogens is 2. The molecule has 1 aromatic carbocycles. The molecule has 0 fully saturated rings. The second-order valence-corrected chi connectivity index (χ2v) is 4.74. The van der Waals surface area contributed by atoms with E-state index in [0.717, 1.165) is 12.8 Å². The SMILES string of the molecule is C=CCCC(C)NC(C)Cc1c(F)cccc1F. The first-order chi connectivity index (χ1) is 8.54. The third-order valence-electron chi connectivity index (χ3n) is 2.94. The van der Waals surface area contributed by atoms with Crippen molar-refractivity contribution in [2.24, 2.45) is 0 Å². The number of hydrogen-bond donors (Lipinski definition) is 1. The Labute approximate surface area is 108 Å². The van der Waals surface area contributed by atoms with Gasteiger partial charge in [-0.2, -0.15) is 0 Å². The van der Waals surface area contributed by atoms with Gasteiger partial charge in [0.2, 0.25) is 0 Å². The number of rotatable bonds is 7. The Balaban J connectivity index is 2.54. The Morgan fingerprint density at radius 3 is 2.39 bits per heavy atom.